The van der Waals surface area contributed by atoms with Gasteiger partial charge in [-0.05, 0) is 123 Å². The minimum Gasteiger partial charge on any atom is -0.381 e. The summed E-state index contributed by atoms with van der Waals surface area (Å²) < 4.78 is 53.2. The molecule has 2 nitrogen and oxygen atoms in total. The summed E-state index contributed by atoms with van der Waals surface area (Å²) >= 11 is 0. The summed E-state index contributed by atoms with van der Waals surface area (Å²) in [7, 11) is 3.17. The molecule has 0 N–H and O–H groups in total. The van der Waals surface area contributed by atoms with Gasteiger partial charge in [-0.1, -0.05) is 20.8 Å². The summed E-state index contributed by atoms with van der Waals surface area (Å²) in [6, 6.07) is 0. The molecule has 5 aliphatic rings. The van der Waals surface area contributed by atoms with Crippen LogP contribution < -0.4 is 0 Å². The second kappa shape index (κ2) is 8.11. The van der Waals surface area contributed by atoms with Crippen molar-refractivity contribution in [3.63, 3.8) is 0 Å². The SMILES string of the molecule is CO[C@H](C1CC1)[C@@H](C)[C@H]1CC[C@H]2[C@@H]3CC[C@@H]4C[C@@](OC)(C(F)(F)F)CC[C@]4(C)[C@H]3CC[C@]12C. The molecule has 10 atom stereocenters. The molecule has 5 heteroatoms. The Hall–Kier alpha value is -0.290. The van der Waals surface area contributed by atoms with E-state index in [1.54, 1.807) is 0 Å². The topological polar surface area (TPSA) is 18.5 Å². The van der Waals surface area contributed by atoms with E-state index < -0.39 is 11.8 Å². The lowest BCUT2D eigenvalue weighted by Crippen LogP contribution is -2.59. The van der Waals surface area contributed by atoms with Gasteiger partial charge in [0.15, 0.2) is 5.60 Å². The Morgan fingerprint density at radius 1 is 0.818 bits per heavy atom. The van der Waals surface area contributed by atoms with Gasteiger partial charge in [0, 0.05) is 14.2 Å². The molecule has 0 bridgehead atoms. The second-order valence-corrected chi connectivity index (χ2v) is 13.2. The predicted molar refractivity (Wildman–Crippen MR) is 124 cm³/mol. The third-order valence-corrected chi connectivity index (χ3v) is 12.2. The molecule has 33 heavy (non-hydrogen) atoms. The van der Waals surface area contributed by atoms with Gasteiger partial charge in [0.25, 0.3) is 0 Å². The molecule has 0 saturated heterocycles. The van der Waals surface area contributed by atoms with Crippen LogP contribution in [0.5, 0.6) is 0 Å². The van der Waals surface area contributed by atoms with Crippen LogP contribution >= 0.6 is 0 Å². The van der Waals surface area contributed by atoms with Gasteiger partial charge < -0.3 is 9.47 Å². The first-order chi connectivity index (χ1) is 15.5. The predicted octanol–water partition coefficient (Wildman–Crippen LogP) is 7.65. The molecule has 0 aromatic carbocycles. The number of rotatable bonds is 5. The highest BCUT2D eigenvalue weighted by atomic mass is 19.4. The van der Waals surface area contributed by atoms with Crippen LogP contribution in [-0.2, 0) is 9.47 Å². The van der Waals surface area contributed by atoms with Gasteiger partial charge in [0.2, 0.25) is 0 Å². The van der Waals surface area contributed by atoms with Crippen molar-refractivity contribution in [1.82, 2.24) is 0 Å². The van der Waals surface area contributed by atoms with E-state index in [4.69, 9.17) is 9.47 Å². The van der Waals surface area contributed by atoms with Crippen molar-refractivity contribution in [2.24, 2.45) is 52.3 Å². The highest BCUT2D eigenvalue weighted by molar-refractivity contribution is 5.12. The van der Waals surface area contributed by atoms with Crippen molar-refractivity contribution in [2.45, 2.75) is 109 Å². The number of fused-ring (bicyclic) bond motifs is 5. The van der Waals surface area contributed by atoms with E-state index in [0.29, 0.717) is 35.7 Å². The Labute approximate surface area is 198 Å². The molecular formula is C28H45F3O2. The van der Waals surface area contributed by atoms with Crippen LogP contribution in [0.1, 0.15) is 91.4 Å². The van der Waals surface area contributed by atoms with Crippen LogP contribution in [-0.4, -0.2) is 32.1 Å². The molecular weight excluding hydrogens is 425 g/mol. The minimum atomic E-state index is -4.28. The van der Waals surface area contributed by atoms with E-state index in [2.05, 4.69) is 20.8 Å². The quantitative estimate of drug-likeness (QED) is 0.411. The van der Waals surface area contributed by atoms with E-state index in [1.165, 1.54) is 45.6 Å². The monoisotopic (exact) mass is 470 g/mol. The summed E-state index contributed by atoms with van der Waals surface area (Å²) in [6.07, 6.45) is 6.80. The number of halogens is 3. The Morgan fingerprint density at radius 3 is 2.12 bits per heavy atom. The van der Waals surface area contributed by atoms with Crippen LogP contribution in [0, 0.1) is 52.3 Å². The molecule has 190 valence electrons. The van der Waals surface area contributed by atoms with E-state index >= 15 is 0 Å². The molecule has 5 fully saturated rings. The fourth-order valence-electron chi connectivity index (χ4n) is 10.2. The maximum absolute atomic E-state index is 14.0. The first-order valence-electron chi connectivity index (χ1n) is 13.7. The standard InChI is InChI=1S/C28H45F3O2/c1-17(24(32-4)18-6-7-18)21-10-11-22-20-9-8-19-16-27(33-5,28(29,30)31)15-14-25(19,2)23(20)12-13-26(21,22)3/h17-24H,6-16H2,1-5H3/t17-,19+,20-,21+,22-,23-,24-,25-,26+,27+/m0/s1. The lowest BCUT2D eigenvalue weighted by Gasteiger charge is -2.62. The van der Waals surface area contributed by atoms with Crippen LogP contribution in [0.4, 0.5) is 13.2 Å². The van der Waals surface area contributed by atoms with Crippen molar-refractivity contribution >= 4 is 0 Å². The van der Waals surface area contributed by atoms with Gasteiger partial charge in [-0.15, -0.1) is 0 Å². The van der Waals surface area contributed by atoms with Crippen molar-refractivity contribution in [2.75, 3.05) is 14.2 Å². The molecule has 0 radical (unpaired) electrons. The molecule has 0 spiro atoms. The normalized spacial score (nSPS) is 49.6. The molecule has 0 aromatic heterocycles. The zero-order valence-electron chi connectivity index (χ0n) is 21.3. The first-order valence-corrected chi connectivity index (χ1v) is 13.7. The van der Waals surface area contributed by atoms with E-state index in [-0.39, 0.29) is 24.2 Å². The number of hydrogen-bond acceptors (Lipinski definition) is 2. The Bertz CT molecular complexity index is 735. The Morgan fingerprint density at radius 2 is 1.52 bits per heavy atom. The molecule has 5 rings (SSSR count). The number of ether oxygens (including phenoxy) is 2. The van der Waals surface area contributed by atoms with E-state index in [9.17, 15) is 13.2 Å². The van der Waals surface area contributed by atoms with Gasteiger partial charge >= 0.3 is 6.18 Å². The lowest BCUT2D eigenvalue weighted by molar-refractivity contribution is -0.299. The second-order valence-electron chi connectivity index (χ2n) is 13.2. The largest absolute Gasteiger partial charge is 0.417 e. The van der Waals surface area contributed by atoms with Crippen molar-refractivity contribution < 1.29 is 22.6 Å². The molecule has 5 aliphatic carbocycles. The Balaban J connectivity index is 1.35. The maximum atomic E-state index is 14.0. The third kappa shape index (κ3) is 3.56. The fourth-order valence-corrected chi connectivity index (χ4v) is 10.2. The Kier molecular flexibility index (Phi) is 6.00. The zero-order chi connectivity index (χ0) is 23.8. The van der Waals surface area contributed by atoms with Crippen LogP contribution in [0.3, 0.4) is 0 Å². The third-order valence-electron chi connectivity index (χ3n) is 12.2. The minimum absolute atomic E-state index is 0.0321. The number of hydrogen-bond donors (Lipinski definition) is 0. The average molecular weight is 471 g/mol. The van der Waals surface area contributed by atoms with Gasteiger partial charge in [-0.3, -0.25) is 0 Å². The zero-order valence-corrected chi connectivity index (χ0v) is 21.3. The van der Waals surface area contributed by atoms with Gasteiger partial charge in [0.05, 0.1) is 6.10 Å². The first kappa shape index (κ1) is 24.4. The molecule has 5 saturated carbocycles. The van der Waals surface area contributed by atoms with Crippen molar-refractivity contribution in [3.05, 3.63) is 0 Å². The smallest absolute Gasteiger partial charge is 0.381 e. The van der Waals surface area contributed by atoms with E-state index in [1.807, 2.05) is 7.11 Å². The molecule has 0 unspecified atom stereocenters. The summed E-state index contributed by atoms with van der Waals surface area (Å²) in [4.78, 5) is 0. The fraction of sp³-hybridized carbons (Fsp3) is 1.00. The summed E-state index contributed by atoms with van der Waals surface area (Å²) in [5.41, 5.74) is -1.53. The van der Waals surface area contributed by atoms with Gasteiger partial charge in [-0.25, -0.2) is 0 Å². The molecule has 0 aromatic rings. The summed E-state index contributed by atoms with van der Waals surface area (Å²) in [5.74, 6) is 4.20. The van der Waals surface area contributed by atoms with Gasteiger partial charge in [-0.2, -0.15) is 13.2 Å². The molecule has 0 aliphatic heterocycles. The van der Waals surface area contributed by atoms with Gasteiger partial charge in [0.1, 0.15) is 0 Å². The summed E-state index contributed by atoms with van der Waals surface area (Å²) in [6.45, 7) is 7.35. The van der Waals surface area contributed by atoms with Crippen LogP contribution in [0.15, 0.2) is 0 Å². The highest BCUT2D eigenvalue weighted by Gasteiger charge is 2.66. The number of alkyl halides is 3. The van der Waals surface area contributed by atoms with Crippen LogP contribution in [0.25, 0.3) is 0 Å². The van der Waals surface area contributed by atoms with Crippen LogP contribution in [0.2, 0.25) is 0 Å². The van der Waals surface area contributed by atoms with E-state index in [0.717, 1.165) is 30.6 Å². The lowest BCUT2D eigenvalue weighted by atomic mass is 9.43. The molecule has 0 amide bonds. The molecule has 0 heterocycles. The summed E-state index contributed by atoms with van der Waals surface area (Å²) in [5, 5.41) is 0. The van der Waals surface area contributed by atoms with Crippen molar-refractivity contribution in [3.8, 4) is 0 Å². The van der Waals surface area contributed by atoms with Crippen molar-refractivity contribution in [1.29, 1.82) is 0 Å². The number of methoxy groups -OCH3 is 2. The average Bonchev–Trinajstić information content (AvgIpc) is 3.53. The maximum Gasteiger partial charge on any atom is 0.417 e. The highest BCUT2D eigenvalue weighted by Crippen LogP contribution is 2.70.